The third-order valence-electron chi connectivity index (χ3n) is 3.66. The summed E-state index contributed by atoms with van der Waals surface area (Å²) in [5.74, 6) is 0. The number of halogens is 1. The summed E-state index contributed by atoms with van der Waals surface area (Å²) >= 11 is 6.18. The number of benzene rings is 2. The van der Waals surface area contributed by atoms with Gasteiger partial charge in [0.15, 0.2) is 0 Å². The van der Waals surface area contributed by atoms with Gasteiger partial charge in [-0.2, -0.15) is 0 Å². The fourth-order valence-corrected chi connectivity index (χ4v) is 4.68. The molecule has 0 radical (unpaired) electrons. The molecule has 4 nitrogen and oxygen atoms in total. The first kappa shape index (κ1) is 11.9. The van der Waals surface area contributed by atoms with Crippen LogP contribution in [-0.4, -0.2) is 20.4 Å². The lowest BCUT2D eigenvalue weighted by Crippen LogP contribution is -2.21. The molecule has 4 rings (SSSR count). The second-order valence-corrected chi connectivity index (χ2v) is 7.03. The van der Waals surface area contributed by atoms with Crippen LogP contribution in [0.25, 0.3) is 21.8 Å². The number of fused-ring (bicyclic) bond motifs is 2. The number of hydrogen-bond acceptors (Lipinski definition) is 3. The van der Waals surface area contributed by atoms with Gasteiger partial charge in [0.2, 0.25) is 0 Å². The van der Waals surface area contributed by atoms with Crippen molar-refractivity contribution in [2.45, 2.75) is 4.90 Å². The van der Waals surface area contributed by atoms with E-state index in [2.05, 4.69) is 4.98 Å². The Kier molecular flexibility index (Phi) is 2.16. The number of rotatable bonds is 0. The van der Waals surface area contributed by atoms with Crippen molar-refractivity contribution in [2.75, 3.05) is 11.4 Å². The van der Waals surface area contributed by atoms with Gasteiger partial charge in [-0.3, -0.25) is 4.31 Å². The smallest absolute Gasteiger partial charge is 0.265 e. The van der Waals surface area contributed by atoms with Gasteiger partial charge in [-0.15, -0.1) is 0 Å². The summed E-state index contributed by atoms with van der Waals surface area (Å²) in [5, 5.41) is 1.66. The van der Waals surface area contributed by atoms with Gasteiger partial charge in [-0.05, 0) is 18.2 Å². The zero-order valence-electron chi connectivity index (χ0n) is 10.5. The van der Waals surface area contributed by atoms with Crippen molar-refractivity contribution < 1.29 is 8.42 Å². The van der Waals surface area contributed by atoms with Crippen LogP contribution in [-0.2, 0) is 10.0 Å². The monoisotopic (exact) mass is 304 g/mol. The van der Waals surface area contributed by atoms with Crippen LogP contribution >= 0.6 is 11.6 Å². The van der Waals surface area contributed by atoms with Gasteiger partial charge >= 0.3 is 0 Å². The Hall–Kier alpha value is -1.85. The molecule has 20 heavy (non-hydrogen) atoms. The van der Waals surface area contributed by atoms with E-state index in [0.717, 1.165) is 0 Å². The van der Waals surface area contributed by atoms with E-state index in [0.29, 0.717) is 37.4 Å². The third kappa shape index (κ3) is 1.26. The Labute approximate surface area is 120 Å². The summed E-state index contributed by atoms with van der Waals surface area (Å²) in [7, 11) is -2.06. The molecular formula is C14H9ClN2O2S. The topological polar surface area (TPSA) is 50.3 Å². The predicted molar refractivity (Wildman–Crippen MR) is 79.8 cm³/mol. The van der Waals surface area contributed by atoms with Crippen LogP contribution in [0.2, 0.25) is 5.02 Å². The highest BCUT2D eigenvalue weighted by Gasteiger charge is 2.37. The van der Waals surface area contributed by atoms with E-state index in [4.69, 9.17) is 11.6 Å². The van der Waals surface area contributed by atoms with Crippen LogP contribution in [0.15, 0.2) is 41.3 Å². The van der Waals surface area contributed by atoms with Crippen LogP contribution in [0, 0.1) is 0 Å². The van der Waals surface area contributed by atoms with Gasteiger partial charge in [0.25, 0.3) is 10.0 Å². The predicted octanol–water partition coefficient (Wildman–Crippen LogP) is 3.18. The second kappa shape index (κ2) is 3.62. The number of hydrogen-bond donors (Lipinski definition) is 0. The number of sulfonamides is 1. The molecule has 0 unspecified atom stereocenters. The van der Waals surface area contributed by atoms with Crippen molar-refractivity contribution in [1.29, 1.82) is 0 Å². The van der Waals surface area contributed by atoms with E-state index >= 15 is 0 Å². The van der Waals surface area contributed by atoms with E-state index < -0.39 is 10.0 Å². The zero-order valence-corrected chi connectivity index (χ0v) is 12.0. The normalized spacial score (nSPS) is 16.2. The third-order valence-corrected chi connectivity index (χ3v) is 5.81. The SMILES string of the molecule is CN1c2c(Cl)ccc3nc4ccccc4c(c23)S1(=O)=O. The minimum absolute atomic E-state index is 0.304. The molecule has 1 aliphatic rings. The number of aromatic nitrogens is 1. The maximum atomic E-state index is 12.7. The highest BCUT2D eigenvalue weighted by Crippen LogP contribution is 2.47. The summed E-state index contributed by atoms with van der Waals surface area (Å²) < 4.78 is 26.6. The Bertz CT molecular complexity index is 999. The fourth-order valence-electron chi connectivity index (χ4n) is 2.73. The molecule has 0 saturated heterocycles. The van der Waals surface area contributed by atoms with Crippen LogP contribution < -0.4 is 4.31 Å². The molecule has 0 bridgehead atoms. The van der Waals surface area contributed by atoms with E-state index in [-0.39, 0.29) is 0 Å². The molecule has 0 amide bonds. The van der Waals surface area contributed by atoms with E-state index in [9.17, 15) is 8.42 Å². The Morgan fingerprint density at radius 3 is 2.65 bits per heavy atom. The largest absolute Gasteiger partial charge is 0.267 e. The molecule has 1 aliphatic heterocycles. The minimum atomic E-state index is -3.58. The maximum Gasteiger partial charge on any atom is 0.265 e. The molecule has 0 saturated carbocycles. The summed E-state index contributed by atoms with van der Waals surface area (Å²) in [4.78, 5) is 4.83. The first-order valence-electron chi connectivity index (χ1n) is 6.02. The number of para-hydroxylation sites is 1. The minimum Gasteiger partial charge on any atom is -0.267 e. The lowest BCUT2D eigenvalue weighted by Gasteiger charge is -2.12. The van der Waals surface area contributed by atoms with E-state index in [1.165, 1.54) is 11.4 Å². The molecule has 2 heterocycles. The van der Waals surface area contributed by atoms with Crippen LogP contribution in [0.1, 0.15) is 0 Å². The number of nitrogens with zero attached hydrogens (tertiary/aromatic N) is 2. The van der Waals surface area contributed by atoms with Crippen LogP contribution in [0.4, 0.5) is 5.69 Å². The van der Waals surface area contributed by atoms with Gasteiger partial charge in [0.05, 0.1) is 21.7 Å². The molecular weight excluding hydrogens is 296 g/mol. The van der Waals surface area contributed by atoms with E-state index in [1.54, 1.807) is 18.2 Å². The maximum absolute atomic E-state index is 12.7. The molecule has 1 aromatic heterocycles. The Balaban J connectivity index is 2.41. The molecule has 0 aliphatic carbocycles. The quantitative estimate of drug-likeness (QED) is 0.599. The van der Waals surface area contributed by atoms with Gasteiger partial charge in [0.1, 0.15) is 4.90 Å². The van der Waals surface area contributed by atoms with Crippen molar-refractivity contribution in [3.63, 3.8) is 0 Å². The van der Waals surface area contributed by atoms with Crippen molar-refractivity contribution in [2.24, 2.45) is 0 Å². The van der Waals surface area contributed by atoms with E-state index in [1.807, 2.05) is 18.2 Å². The molecule has 6 heteroatoms. The molecule has 0 N–H and O–H groups in total. The molecule has 3 aromatic rings. The molecule has 2 aromatic carbocycles. The second-order valence-electron chi connectivity index (χ2n) is 4.72. The average Bonchev–Trinajstić information content (AvgIpc) is 2.64. The molecule has 0 atom stereocenters. The first-order chi connectivity index (χ1) is 9.51. The van der Waals surface area contributed by atoms with Crippen molar-refractivity contribution >= 4 is 49.1 Å². The van der Waals surface area contributed by atoms with Crippen LogP contribution in [0.5, 0.6) is 0 Å². The average molecular weight is 305 g/mol. The fraction of sp³-hybridized carbons (Fsp3) is 0.0714. The van der Waals surface area contributed by atoms with Gasteiger partial charge in [-0.25, -0.2) is 13.4 Å². The van der Waals surface area contributed by atoms with Gasteiger partial charge < -0.3 is 0 Å². The summed E-state index contributed by atoms with van der Waals surface area (Å²) in [6.07, 6.45) is 0. The van der Waals surface area contributed by atoms with Crippen LogP contribution in [0.3, 0.4) is 0 Å². The summed E-state index contributed by atoms with van der Waals surface area (Å²) in [5.41, 5.74) is 1.82. The summed E-state index contributed by atoms with van der Waals surface area (Å²) in [6, 6.07) is 10.7. The Morgan fingerprint density at radius 2 is 1.85 bits per heavy atom. The first-order valence-corrected chi connectivity index (χ1v) is 7.83. The lowest BCUT2D eigenvalue weighted by atomic mass is 10.1. The highest BCUT2D eigenvalue weighted by atomic mass is 35.5. The van der Waals surface area contributed by atoms with Crippen molar-refractivity contribution in [3.8, 4) is 0 Å². The van der Waals surface area contributed by atoms with Crippen molar-refractivity contribution in [1.82, 2.24) is 4.98 Å². The number of pyridine rings is 1. The van der Waals surface area contributed by atoms with Crippen molar-refractivity contribution in [3.05, 3.63) is 41.4 Å². The standard InChI is InChI=1S/C14H9ClN2O2S/c1-17-13-9(15)6-7-11-12(13)14(20(17,18)19)8-4-2-3-5-10(8)16-11/h2-7H,1H3. The van der Waals surface area contributed by atoms with Gasteiger partial charge in [0, 0.05) is 17.8 Å². The molecule has 100 valence electrons. The molecule has 0 spiro atoms. The Morgan fingerprint density at radius 1 is 1.10 bits per heavy atom. The van der Waals surface area contributed by atoms with Gasteiger partial charge in [-0.1, -0.05) is 29.8 Å². The molecule has 0 fully saturated rings. The summed E-state index contributed by atoms with van der Waals surface area (Å²) in [6.45, 7) is 0. The number of anilines is 1. The highest BCUT2D eigenvalue weighted by molar-refractivity contribution is 7.93. The lowest BCUT2D eigenvalue weighted by molar-refractivity contribution is 0.598. The zero-order chi connectivity index (χ0) is 14.1.